The molecule has 0 aliphatic carbocycles. The summed E-state index contributed by atoms with van der Waals surface area (Å²) in [5.74, 6) is 0. The lowest BCUT2D eigenvalue weighted by atomic mass is 10.2. The van der Waals surface area contributed by atoms with Crippen LogP contribution < -0.4 is 26.4 Å². The molecule has 32 heavy (non-hydrogen) atoms. The summed E-state index contributed by atoms with van der Waals surface area (Å²) in [5, 5.41) is 19.9. The van der Waals surface area contributed by atoms with Gasteiger partial charge in [0.2, 0.25) is 11.5 Å². The molecule has 0 saturated heterocycles. The normalized spacial score (nSPS) is 11.1. The van der Waals surface area contributed by atoms with Crippen LogP contribution in [0.2, 0.25) is 0 Å². The third-order valence-electron chi connectivity index (χ3n) is 4.87. The van der Waals surface area contributed by atoms with Crippen molar-refractivity contribution in [2.45, 2.75) is 13.5 Å². The van der Waals surface area contributed by atoms with Crippen LogP contribution in [-0.2, 0) is 13.6 Å². The van der Waals surface area contributed by atoms with Gasteiger partial charge in [0.15, 0.2) is 0 Å². The predicted octanol–water partition coefficient (Wildman–Crippen LogP) is 1.78. The van der Waals surface area contributed by atoms with Crippen LogP contribution in [0.5, 0.6) is 0 Å². The van der Waals surface area contributed by atoms with Crippen LogP contribution in [0.4, 0.5) is 22.2 Å². The van der Waals surface area contributed by atoms with Gasteiger partial charge in [-0.25, -0.2) is 14.1 Å². The maximum atomic E-state index is 10.9. The number of nitro groups is 1. The lowest BCUT2D eigenvalue weighted by molar-refractivity contribution is -0.671. The first-order valence-electron chi connectivity index (χ1n) is 9.84. The van der Waals surface area contributed by atoms with Crippen LogP contribution in [0, 0.1) is 10.1 Å². The zero-order valence-corrected chi connectivity index (χ0v) is 20.0. The molecular weight excluding hydrogens is 494 g/mol. The molecule has 0 fully saturated rings. The van der Waals surface area contributed by atoms with Crippen molar-refractivity contribution in [3.63, 3.8) is 0 Å². The van der Waals surface area contributed by atoms with Crippen molar-refractivity contribution in [1.82, 2.24) is 9.55 Å². The quantitative estimate of drug-likeness (QED) is 0.155. The number of anilines is 1. The third-order valence-corrected chi connectivity index (χ3v) is 5.77. The number of nitro benzene ring substituents is 1. The first-order chi connectivity index (χ1) is 15.0. The molecule has 0 saturated carbocycles. The number of hydrogen-bond acceptors (Lipinski definition) is 7. The molecular formula is C21H22BrN7O2S. The van der Waals surface area contributed by atoms with Gasteiger partial charge in [-0.3, -0.25) is 10.1 Å². The van der Waals surface area contributed by atoms with Gasteiger partial charge in [0, 0.05) is 24.4 Å². The number of thiazole rings is 1. The molecule has 4 rings (SSSR count). The minimum absolute atomic E-state index is 0. The summed E-state index contributed by atoms with van der Waals surface area (Å²) in [6.45, 7) is 4.86. The van der Waals surface area contributed by atoms with Gasteiger partial charge in [-0.1, -0.05) is 11.3 Å². The largest absolute Gasteiger partial charge is 1.00 e. The molecule has 2 aromatic carbocycles. The number of aromatic nitrogens is 3. The van der Waals surface area contributed by atoms with Crippen LogP contribution in [0.1, 0.15) is 6.92 Å². The van der Waals surface area contributed by atoms with E-state index >= 15 is 0 Å². The van der Waals surface area contributed by atoms with Gasteiger partial charge in [-0.2, -0.15) is 0 Å². The number of nitrogens with zero attached hydrogens (tertiary/aromatic N) is 7. The Bertz CT molecular complexity index is 1240. The zero-order chi connectivity index (χ0) is 21.8. The molecule has 11 heteroatoms. The first kappa shape index (κ1) is 23.5. The van der Waals surface area contributed by atoms with E-state index < -0.39 is 4.92 Å². The Morgan fingerprint density at radius 3 is 2.66 bits per heavy atom. The minimum Gasteiger partial charge on any atom is -1.00 e. The van der Waals surface area contributed by atoms with Crippen molar-refractivity contribution in [2.75, 3.05) is 18.0 Å². The summed E-state index contributed by atoms with van der Waals surface area (Å²) in [6, 6.07) is 12.5. The molecule has 0 unspecified atom stereocenters. The Balaban J connectivity index is 0.00000289. The molecule has 0 N–H and O–H groups in total. The minimum atomic E-state index is -0.417. The second kappa shape index (κ2) is 10.4. The van der Waals surface area contributed by atoms with Crippen molar-refractivity contribution in [2.24, 2.45) is 17.3 Å². The number of imidazole rings is 1. The van der Waals surface area contributed by atoms with E-state index in [0.29, 0.717) is 15.3 Å². The molecule has 0 amide bonds. The summed E-state index contributed by atoms with van der Waals surface area (Å²) in [5.41, 5.74) is 2.57. The number of likely N-dealkylation sites (N-methyl/N-ethyl adjacent to an activating group) is 1. The SMILES string of the molecule is CCN(CCn1cc[n+](C)c1)c1ccc(/N=N/c2nc3ccc([N+](=O)[O-])cc3s2)cc1.[Br-]. The number of hydrogen-bond donors (Lipinski definition) is 0. The summed E-state index contributed by atoms with van der Waals surface area (Å²) >= 11 is 1.28. The number of non-ortho nitro benzene ring substituents is 1. The van der Waals surface area contributed by atoms with Crippen molar-refractivity contribution in [1.29, 1.82) is 0 Å². The molecule has 0 radical (unpaired) electrons. The second-order valence-corrected chi connectivity index (χ2v) is 8.03. The van der Waals surface area contributed by atoms with Gasteiger partial charge < -0.3 is 21.9 Å². The topological polar surface area (TPSA) is 92.8 Å². The van der Waals surface area contributed by atoms with Gasteiger partial charge in [0.05, 0.1) is 34.4 Å². The molecule has 0 aliphatic rings. The first-order valence-corrected chi connectivity index (χ1v) is 10.7. The smallest absolute Gasteiger partial charge is 0.270 e. The standard InChI is InChI=1S/C21H22N7O2S.BrH/c1-3-27(13-12-26-11-10-25(2)15-26)17-6-4-16(5-7-17)23-24-21-22-19-9-8-18(28(29)30)14-20(19)31-21;/h4-11,14-15H,3,12-13H2,1-2H3;1H/q+1;/p-1/b24-23+;. The highest BCUT2D eigenvalue weighted by Gasteiger charge is 2.10. The summed E-state index contributed by atoms with van der Waals surface area (Å²) < 4.78 is 4.91. The fraction of sp³-hybridized carbons (Fsp3) is 0.238. The molecule has 0 aliphatic heterocycles. The number of aryl methyl sites for hydroxylation is 1. The zero-order valence-electron chi connectivity index (χ0n) is 17.6. The molecule has 166 valence electrons. The predicted molar refractivity (Wildman–Crippen MR) is 120 cm³/mol. The van der Waals surface area contributed by atoms with Gasteiger partial charge >= 0.3 is 0 Å². The molecule has 0 spiro atoms. The van der Waals surface area contributed by atoms with E-state index in [9.17, 15) is 10.1 Å². The van der Waals surface area contributed by atoms with Gasteiger partial charge in [0.1, 0.15) is 18.9 Å². The van der Waals surface area contributed by atoms with E-state index in [1.165, 1.54) is 23.5 Å². The molecule has 0 atom stereocenters. The summed E-state index contributed by atoms with van der Waals surface area (Å²) in [4.78, 5) is 17.2. The molecule has 0 bridgehead atoms. The van der Waals surface area contributed by atoms with E-state index in [2.05, 4.69) is 44.1 Å². The maximum Gasteiger partial charge on any atom is 0.270 e. The number of benzene rings is 2. The third kappa shape index (κ3) is 5.54. The Morgan fingerprint density at radius 2 is 2.00 bits per heavy atom. The number of halogens is 1. The number of rotatable bonds is 8. The van der Waals surface area contributed by atoms with Crippen LogP contribution in [0.3, 0.4) is 0 Å². The van der Waals surface area contributed by atoms with E-state index in [0.717, 1.165) is 31.0 Å². The van der Waals surface area contributed by atoms with Crippen LogP contribution in [0.15, 0.2) is 71.4 Å². The Labute approximate surface area is 199 Å². The Morgan fingerprint density at radius 1 is 1.22 bits per heavy atom. The van der Waals surface area contributed by atoms with Crippen LogP contribution in [-0.4, -0.2) is 27.6 Å². The van der Waals surface area contributed by atoms with Crippen molar-refractivity contribution >= 4 is 43.7 Å². The average molecular weight is 516 g/mol. The molecule has 2 aromatic heterocycles. The van der Waals surface area contributed by atoms with Crippen molar-refractivity contribution in [3.05, 3.63) is 71.3 Å². The average Bonchev–Trinajstić information content (AvgIpc) is 3.38. The lowest BCUT2D eigenvalue weighted by Crippen LogP contribution is -3.00. The summed E-state index contributed by atoms with van der Waals surface area (Å²) in [7, 11) is 2.01. The highest BCUT2D eigenvalue weighted by Crippen LogP contribution is 2.32. The van der Waals surface area contributed by atoms with Gasteiger partial charge in [0.25, 0.3) is 5.69 Å². The second-order valence-electron chi connectivity index (χ2n) is 7.02. The van der Waals surface area contributed by atoms with E-state index in [4.69, 9.17) is 0 Å². The van der Waals surface area contributed by atoms with E-state index in [-0.39, 0.29) is 22.7 Å². The fourth-order valence-corrected chi connectivity index (χ4v) is 4.05. The van der Waals surface area contributed by atoms with Crippen molar-refractivity contribution in [3.8, 4) is 0 Å². The molecule has 9 nitrogen and oxygen atoms in total. The van der Waals surface area contributed by atoms with E-state index in [1.54, 1.807) is 6.07 Å². The van der Waals surface area contributed by atoms with Gasteiger partial charge in [-0.05, 0) is 37.3 Å². The molecule has 4 aromatic rings. The Kier molecular flexibility index (Phi) is 7.65. The van der Waals surface area contributed by atoms with Crippen LogP contribution in [0.25, 0.3) is 10.2 Å². The summed E-state index contributed by atoms with van der Waals surface area (Å²) in [6.07, 6.45) is 6.16. The maximum absolute atomic E-state index is 10.9. The van der Waals surface area contributed by atoms with Crippen LogP contribution >= 0.6 is 11.3 Å². The number of azo groups is 1. The lowest BCUT2D eigenvalue weighted by Gasteiger charge is -2.22. The highest BCUT2D eigenvalue weighted by atomic mass is 79.9. The number of fused-ring (bicyclic) bond motifs is 1. The molecule has 2 heterocycles. The van der Waals surface area contributed by atoms with E-state index in [1.807, 2.05) is 42.1 Å². The van der Waals surface area contributed by atoms with Gasteiger partial charge in [-0.15, -0.1) is 10.2 Å². The monoisotopic (exact) mass is 515 g/mol. The Hall–Kier alpha value is -3.18. The fourth-order valence-electron chi connectivity index (χ4n) is 3.23. The van der Waals surface area contributed by atoms with Crippen molar-refractivity contribution < 1.29 is 26.5 Å². The highest BCUT2D eigenvalue weighted by molar-refractivity contribution is 7.21.